The molecule has 0 aliphatic carbocycles. The van der Waals surface area contributed by atoms with Gasteiger partial charge in [-0.15, -0.1) is 0 Å². The van der Waals surface area contributed by atoms with E-state index in [1.165, 1.54) is 22.5 Å². The summed E-state index contributed by atoms with van der Waals surface area (Å²) in [5.74, 6) is 0.863. The highest BCUT2D eigenvalue weighted by atomic mass is 32.2. The molecule has 1 aliphatic rings. The molecule has 0 spiro atoms. The lowest BCUT2D eigenvalue weighted by molar-refractivity contribution is -0.132. The number of benzene rings is 2. The van der Waals surface area contributed by atoms with Crippen LogP contribution in [0.5, 0.6) is 0 Å². The lowest BCUT2D eigenvalue weighted by Gasteiger charge is -2.34. The second-order valence-electron chi connectivity index (χ2n) is 7.37. The molecule has 0 radical (unpaired) electrons. The van der Waals surface area contributed by atoms with Gasteiger partial charge in [0.25, 0.3) is 0 Å². The molecule has 0 saturated carbocycles. The standard InChI is InChI=1S/C23H23FN2O4S/c24-19-7-4-8-21(17-19)31(28,29)26-15-13-25(14-16-26)23(27)12-10-20-9-11-22(30-20)18-5-2-1-3-6-18/h1-9,11,17H,10,12-16H2. The Labute approximate surface area is 180 Å². The minimum absolute atomic E-state index is 0.0412. The van der Waals surface area contributed by atoms with E-state index in [1.54, 1.807) is 4.90 Å². The maximum Gasteiger partial charge on any atom is 0.243 e. The van der Waals surface area contributed by atoms with Crippen LogP contribution in [0.25, 0.3) is 11.3 Å². The summed E-state index contributed by atoms with van der Waals surface area (Å²) >= 11 is 0. The third-order valence-electron chi connectivity index (χ3n) is 5.33. The van der Waals surface area contributed by atoms with E-state index in [1.807, 2.05) is 42.5 Å². The normalized spacial score (nSPS) is 15.2. The van der Waals surface area contributed by atoms with Gasteiger partial charge in [0.05, 0.1) is 4.90 Å². The fourth-order valence-electron chi connectivity index (χ4n) is 3.61. The SMILES string of the molecule is O=C(CCc1ccc(-c2ccccc2)o1)N1CCN(S(=O)(=O)c2cccc(F)c2)CC1. The highest BCUT2D eigenvalue weighted by Gasteiger charge is 2.30. The molecule has 8 heteroatoms. The second-order valence-corrected chi connectivity index (χ2v) is 9.31. The number of furan rings is 1. The summed E-state index contributed by atoms with van der Waals surface area (Å²) in [4.78, 5) is 14.2. The first-order valence-electron chi connectivity index (χ1n) is 10.1. The van der Waals surface area contributed by atoms with Crippen molar-refractivity contribution in [1.29, 1.82) is 0 Å². The molecule has 4 rings (SSSR count). The van der Waals surface area contributed by atoms with E-state index in [0.29, 0.717) is 25.9 Å². The topological polar surface area (TPSA) is 70.8 Å². The quantitative estimate of drug-likeness (QED) is 0.585. The Bertz CT molecular complexity index is 1150. The third-order valence-corrected chi connectivity index (χ3v) is 7.23. The van der Waals surface area contributed by atoms with Crippen LogP contribution in [-0.2, 0) is 21.2 Å². The monoisotopic (exact) mass is 442 g/mol. The van der Waals surface area contributed by atoms with Crippen molar-refractivity contribution in [2.75, 3.05) is 26.2 Å². The lowest BCUT2D eigenvalue weighted by atomic mass is 10.2. The number of halogens is 1. The molecule has 6 nitrogen and oxygen atoms in total. The van der Waals surface area contributed by atoms with Gasteiger partial charge in [-0.2, -0.15) is 4.31 Å². The van der Waals surface area contributed by atoms with Gasteiger partial charge in [0.2, 0.25) is 15.9 Å². The molecular formula is C23H23FN2O4S. The maximum atomic E-state index is 13.4. The Morgan fingerprint density at radius 2 is 1.68 bits per heavy atom. The molecule has 1 fully saturated rings. The zero-order valence-electron chi connectivity index (χ0n) is 16.9. The molecule has 1 saturated heterocycles. The number of carbonyl (C=O) groups excluding carboxylic acids is 1. The number of sulfonamides is 1. The predicted molar refractivity (Wildman–Crippen MR) is 114 cm³/mol. The Morgan fingerprint density at radius 3 is 2.39 bits per heavy atom. The Hall–Kier alpha value is -2.97. The van der Waals surface area contributed by atoms with E-state index >= 15 is 0 Å². The average Bonchev–Trinajstić information content (AvgIpc) is 3.27. The van der Waals surface area contributed by atoms with Crippen molar-refractivity contribution < 1.29 is 22.0 Å². The number of carbonyl (C=O) groups is 1. The molecule has 1 aliphatic heterocycles. The van der Waals surface area contributed by atoms with Crippen molar-refractivity contribution in [2.24, 2.45) is 0 Å². The summed E-state index contributed by atoms with van der Waals surface area (Å²) < 4.78 is 45.9. The summed E-state index contributed by atoms with van der Waals surface area (Å²) in [5.41, 5.74) is 0.982. The van der Waals surface area contributed by atoms with Gasteiger partial charge in [0.1, 0.15) is 17.3 Å². The minimum Gasteiger partial charge on any atom is -0.461 e. The van der Waals surface area contributed by atoms with E-state index in [4.69, 9.17) is 4.42 Å². The predicted octanol–water partition coefficient (Wildman–Crippen LogP) is 3.55. The molecular weight excluding hydrogens is 419 g/mol. The fraction of sp³-hybridized carbons (Fsp3) is 0.261. The molecule has 1 aromatic heterocycles. The smallest absolute Gasteiger partial charge is 0.243 e. The molecule has 0 N–H and O–H groups in total. The number of nitrogens with zero attached hydrogens (tertiary/aromatic N) is 2. The maximum absolute atomic E-state index is 13.4. The number of amides is 1. The number of piperazine rings is 1. The highest BCUT2D eigenvalue weighted by molar-refractivity contribution is 7.89. The zero-order valence-corrected chi connectivity index (χ0v) is 17.7. The lowest BCUT2D eigenvalue weighted by Crippen LogP contribution is -2.50. The van der Waals surface area contributed by atoms with Crippen LogP contribution in [0.1, 0.15) is 12.2 Å². The molecule has 3 aromatic rings. The van der Waals surface area contributed by atoms with Crippen molar-refractivity contribution in [3.8, 4) is 11.3 Å². The van der Waals surface area contributed by atoms with Crippen molar-refractivity contribution in [3.05, 3.63) is 78.3 Å². The molecule has 2 aromatic carbocycles. The van der Waals surface area contributed by atoms with Crippen LogP contribution in [0.2, 0.25) is 0 Å². The van der Waals surface area contributed by atoms with Crippen molar-refractivity contribution in [3.63, 3.8) is 0 Å². The van der Waals surface area contributed by atoms with Gasteiger partial charge < -0.3 is 9.32 Å². The van der Waals surface area contributed by atoms with Crippen LogP contribution in [0.3, 0.4) is 0 Å². The van der Waals surface area contributed by atoms with Gasteiger partial charge in [-0.1, -0.05) is 36.4 Å². The third kappa shape index (κ3) is 4.86. The van der Waals surface area contributed by atoms with Crippen LogP contribution >= 0.6 is 0 Å². The van der Waals surface area contributed by atoms with Crippen molar-refractivity contribution in [1.82, 2.24) is 9.21 Å². The van der Waals surface area contributed by atoms with E-state index in [-0.39, 0.29) is 23.9 Å². The van der Waals surface area contributed by atoms with Gasteiger partial charge in [-0.25, -0.2) is 12.8 Å². The van der Waals surface area contributed by atoms with E-state index < -0.39 is 15.8 Å². The number of hydrogen-bond acceptors (Lipinski definition) is 4. The van der Waals surface area contributed by atoms with Crippen LogP contribution in [-0.4, -0.2) is 49.7 Å². The number of rotatable bonds is 6. The Balaban J connectivity index is 1.30. The second kappa shape index (κ2) is 9.03. The van der Waals surface area contributed by atoms with Crippen LogP contribution in [0.15, 0.2) is 76.0 Å². The van der Waals surface area contributed by atoms with Crippen LogP contribution in [0, 0.1) is 5.82 Å². The van der Waals surface area contributed by atoms with E-state index in [2.05, 4.69) is 0 Å². The van der Waals surface area contributed by atoms with Gasteiger partial charge in [-0.05, 0) is 30.3 Å². The first-order valence-corrected chi connectivity index (χ1v) is 11.5. The van der Waals surface area contributed by atoms with Crippen molar-refractivity contribution in [2.45, 2.75) is 17.7 Å². The molecule has 162 valence electrons. The van der Waals surface area contributed by atoms with Crippen LogP contribution in [0.4, 0.5) is 4.39 Å². The Kier molecular flexibility index (Phi) is 6.20. The molecule has 0 bridgehead atoms. The summed E-state index contributed by atoms with van der Waals surface area (Å²) in [7, 11) is -3.77. The van der Waals surface area contributed by atoms with Crippen LogP contribution < -0.4 is 0 Å². The average molecular weight is 443 g/mol. The molecule has 2 heterocycles. The molecule has 31 heavy (non-hydrogen) atoms. The fourth-order valence-corrected chi connectivity index (χ4v) is 5.07. The number of aryl methyl sites for hydroxylation is 1. The Morgan fingerprint density at radius 1 is 0.935 bits per heavy atom. The van der Waals surface area contributed by atoms with E-state index in [0.717, 1.165) is 23.2 Å². The summed E-state index contributed by atoms with van der Waals surface area (Å²) in [6, 6.07) is 18.5. The molecule has 0 atom stereocenters. The largest absolute Gasteiger partial charge is 0.461 e. The number of hydrogen-bond donors (Lipinski definition) is 0. The summed E-state index contributed by atoms with van der Waals surface area (Å²) in [6.45, 7) is 0.981. The van der Waals surface area contributed by atoms with Gasteiger partial charge in [0, 0.05) is 44.6 Å². The van der Waals surface area contributed by atoms with Crippen molar-refractivity contribution >= 4 is 15.9 Å². The first kappa shape index (κ1) is 21.3. The van der Waals surface area contributed by atoms with E-state index in [9.17, 15) is 17.6 Å². The van der Waals surface area contributed by atoms with Gasteiger partial charge >= 0.3 is 0 Å². The highest BCUT2D eigenvalue weighted by Crippen LogP contribution is 2.23. The van der Waals surface area contributed by atoms with Gasteiger partial charge in [-0.3, -0.25) is 4.79 Å². The molecule has 1 amide bonds. The summed E-state index contributed by atoms with van der Waals surface area (Å²) in [6.07, 6.45) is 0.770. The van der Waals surface area contributed by atoms with Gasteiger partial charge in [0.15, 0.2) is 0 Å². The zero-order chi connectivity index (χ0) is 21.8. The summed E-state index contributed by atoms with van der Waals surface area (Å²) in [5, 5.41) is 0. The minimum atomic E-state index is -3.77. The molecule has 0 unspecified atom stereocenters. The first-order chi connectivity index (χ1) is 14.9.